The van der Waals surface area contributed by atoms with Crippen LogP contribution in [0, 0.1) is 13.8 Å². The summed E-state index contributed by atoms with van der Waals surface area (Å²) in [6.07, 6.45) is 0.165. The van der Waals surface area contributed by atoms with Gasteiger partial charge in [0.05, 0.1) is 5.52 Å². The number of aromatic nitrogens is 3. The third-order valence-corrected chi connectivity index (χ3v) is 3.75. The number of carbonyl (C=O) groups excluding carboxylic acids is 1. The van der Waals surface area contributed by atoms with Gasteiger partial charge in [0.2, 0.25) is 5.91 Å². The highest BCUT2D eigenvalue weighted by Gasteiger charge is 2.10. The minimum absolute atomic E-state index is 0.165. The van der Waals surface area contributed by atoms with Crippen LogP contribution >= 0.6 is 0 Å². The van der Waals surface area contributed by atoms with E-state index >= 15 is 0 Å². The lowest BCUT2D eigenvalue weighted by molar-refractivity contribution is -0.116. The predicted octanol–water partition coefficient (Wildman–Crippen LogP) is 1.26. The quantitative estimate of drug-likeness (QED) is 0.672. The maximum atomic E-state index is 12.0. The van der Waals surface area contributed by atoms with Gasteiger partial charge in [-0.2, -0.15) is 0 Å². The Morgan fingerprint density at radius 1 is 1.26 bits per heavy atom. The summed E-state index contributed by atoms with van der Waals surface area (Å²) in [5.74, 6) is -0.763. The van der Waals surface area contributed by atoms with Gasteiger partial charge in [-0.1, -0.05) is 0 Å². The largest absolute Gasteiger partial charge is 0.417 e. The highest BCUT2D eigenvalue weighted by Crippen LogP contribution is 2.16. The maximum absolute atomic E-state index is 12.0. The molecule has 0 radical (unpaired) electrons. The monoisotopic (exact) mass is 316 g/mol. The summed E-state index contributed by atoms with van der Waals surface area (Å²) in [5, 5.41) is 2.73. The maximum Gasteiger partial charge on any atom is 0.417 e. The summed E-state index contributed by atoms with van der Waals surface area (Å²) in [5.41, 5.74) is 2.89. The molecule has 1 amide bonds. The van der Waals surface area contributed by atoms with Crippen LogP contribution < -0.4 is 16.8 Å². The van der Waals surface area contributed by atoms with E-state index in [4.69, 9.17) is 4.42 Å². The number of benzene rings is 1. The van der Waals surface area contributed by atoms with Gasteiger partial charge >= 0.3 is 11.4 Å². The van der Waals surface area contributed by atoms with Gasteiger partial charge in [-0.15, -0.1) is 0 Å². The van der Waals surface area contributed by atoms with Gasteiger partial charge in [0.1, 0.15) is 0 Å². The van der Waals surface area contributed by atoms with E-state index in [-0.39, 0.29) is 18.0 Å². The van der Waals surface area contributed by atoms with Gasteiger partial charge in [0.15, 0.2) is 5.58 Å². The molecule has 0 saturated carbocycles. The Kier molecular flexibility index (Phi) is 3.65. The van der Waals surface area contributed by atoms with Crippen molar-refractivity contribution in [1.29, 1.82) is 0 Å². The zero-order chi connectivity index (χ0) is 16.6. The number of imidazole rings is 1. The second-order valence-electron chi connectivity index (χ2n) is 5.32. The van der Waals surface area contributed by atoms with E-state index < -0.39 is 5.76 Å². The second-order valence-corrected chi connectivity index (χ2v) is 5.32. The molecule has 8 nitrogen and oxygen atoms in total. The number of aromatic amines is 2. The molecule has 0 aliphatic carbocycles. The Labute approximate surface area is 130 Å². The normalized spacial score (nSPS) is 11.0. The van der Waals surface area contributed by atoms with Gasteiger partial charge in [-0.3, -0.25) is 14.3 Å². The van der Waals surface area contributed by atoms with Crippen molar-refractivity contribution in [3.05, 3.63) is 50.6 Å². The Hall–Kier alpha value is -3.03. The summed E-state index contributed by atoms with van der Waals surface area (Å²) < 4.78 is 6.43. The topological polar surface area (TPSA) is 113 Å². The van der Waals surface area contributed by atoms with Gasteiger partial charge in [-0.25, -0.2) is 9.59 Å². The molecule has 3 N–H and O–H groups in total. The smallest absolute Gasteiger partial charge is 0.408 e. The number of carbonyl (C=O) groups is 1. The van der Waals surface area contributed by atoms with Crippen molar-refractivity contribution in [3.8, 4) is 0 Å². The van der Waals surface area contributed by atoms with Gasteiger partial charge < -0.3 is 14.7 Å². The first-order chi connectivity index (χ1) is 10.9. The molecule has 0 saturated heterocycles. The van der Waals surface area contributed by atoms with E-state index in [1.165, 1.54) is 4.57 Å². The minimum Gasteiger partial charge on any atom is -0.408 e. The van der Waals surface area contributed by atoms with Crippen molar-refractivity contribution in [2.45, 2.75) is 26.8 Å². The fraction of sp³-hybridized carbons (Fsp3) is 0.267. The first-order valence-electron chi connectivity index (χ1n) is 7.13. The van der Waals surface area contributed by atoms with Crippen molar-refractivity contribution in [3.63, 3.8) is 0 Å². The van der Waals surface area contributed by atoms with Crippen LogP contribution in [0.1, 0.15) is 17.8 Å². The SMILES string of the molecule is Cc1[nH]c(=O)n(CCC(=O)Nc2ccc3oc(=O)[nH]c3c2)c1C. The van der Waals surface area contributed by atoms with Crippen LogP contribution in [0.15, 0.2) is 32.2 Å². The first kappa shape index (κ1) is 14.9. The van der Waals surface area contributed by atoms with Crippen molar-refractivity contribution < 1.29 is 9.21 Å². The number of nitrogens with one attached hydrogen (secondary N) is 3. The number of H-pyrrole nitrogens is 2. The summed E-state index contributed by atoms with van der Waals surface area (Å²) in [6, 6.07) is 4.87. The lowest BCUT2D eigenvalue weighted by Gasteiger charge is -2.06. The number of fused-ring (bicyclic) bond motifs is 1. The summed E-state index contributed by atoms with van der Waals surface area (Å²) in [4.78, 5) is 40.1. The Morgan fingerprint density at radius 2 is 2.04 bits per heavy atom. The minimum atomic E-state index is -0.541. The molecule has 3 rings (SSSR count). The summed E-state index contributed by atoms with van der Waals surface area (Å²) in [6.45, 7) is 3.94. The van der Waals surface area contributed by atoms with E-state index in [1.54, 1.807) is 18.2 Å². The van der Waals surface area contributed by atoms with Crippen molar-refractivity contribution in [2.24, 2.45) is 0 Å². The molecule has 0 bridgehead atoms. The highest BCUT2D eigenvalue weighted by atomic mass is 16.4. The van der Waals surface area contributed by atoms with Crippen molar-refractivity contribution in [2.75, 3.05) is 5.32 Å². The van der Waals surface area contributed by atoms with Crippen LogP contribution in [-0.2, 0) is 11.3 Å². The van der Waals surface area contributed by atoms with Gasteiger partial charge in [0, 0.05) is 30.0 Å². The van der Waals surface area contributed by atoms with E-state index in [9.17, 15) is 14.4 Å². The van der Waals surface area contributed by atoms with Crippen LogP contribution in [0.2, 0.25) is 0 Å². The second kappa shape index (κ2) is 5.64. The molecule has 120 valence electrons. The molecule has 0 aliphatic rings. The molecule has 0 fully saturated rings. The number of amides is 1. The fourth-order valence-electron chi connectivity index (χ4n) is 2.41. The molecule has 23 heavy (non-hydrogen) atoms. The number of oxazole rings is 1. The van der Waals surface area contributed by atoms with Crippen LogP contribution in [0.25, 0.3) is 11.1 Å². The number of anilines is 1. The molecule has 2 heterocycles. The van der Waals surface area contributed by atoms with Crippen molar-refractivity contribution in [1.82, 2.24) is 14.5 Å². The molecule has 0 aliphatic heterocycles. The molecule has 3 aromatic rings. The van der Waals surface area contributed by atoms with Gasteiger partial charge in [-0.05, 0) is 32.0 Å². The van der Waals surface area contributed by atoms with Gasteiger partial charge in [0.25, 0.3) is 0 Å². The Morgan fingerprint density at radius 3 is 2.74 bits per heavy atom. The Bertz CT molecular complexity index is 989. The zero-order valence-electron chi connectivity index (χ0n) is 12.7. The van der Waals surface area contributed by atoms with Crippen LogP contribution in [0.5, 0.6) is 0 Å². The fourth-order valence-corrected chi connectivity index (χ4v) is 2.41. The summed E-state index contributed by atoms with van der Waals surface area (Å²) >= 11 is 0. The molecule has 0 atom stereocenters. The van der Waals surface area contributed by atoms with E-state index in [2.05, 4.69) is 15.3 Å². The highest BCUT2D eigenvalue weighted by molar-refractivity contribution is 5.92. The molecular weight excluding hydrogens is 300 g/mol. The molecule has 1 aromatic carbocycles. The lowest BCUT2D eigenvalue weighted by atomic mass is 10.2. The van der Waals surface area contributed by atoms with E-state index in [0.29, 0.717) is 23.3 Å². The predicted molar refractivity (Wildman–Crippen MR) is 84.6 cm³/mol. The standard InChI is InChI=1S/C15H16N4O4/c1-8-9(2)19(14(21)16-8)6-5-13(20)17-10-3-4-12-11(7-10)18-15(22)23-12/h3-4,7H,5-6H2,1-2H3,(H,16,21)(H,17,20)(H,18,22). The number of rotatable bonds is 4. The molecule has 0 spiro atoms. The number of hydrogen-bond acceptors (Lipinski definition) is 4. The van der Waals surface area contributed by atoms with Crippen LogP contribution in [0.3, 0.4) is 0 Å². The van der Waals surface area contributed by atoms with E-state index in [0.717, 1.165) is 11.4 Å². The molecule has 8 heteroatoms. The zero-order valence-corrected chi connectivity index (χ0v) is 12.7. The molecule has 2 aromatic heterocycles. The van der Waals surface area contributed by atoms with Crippen LogP contribution in [0.4, 0.5) is 5.69 Å². The molecular formula is C15H16N4O4. The average molecular weight is 316 g/mol. The average Bonchev–Trinajstić information content (AvgIpc) is 2.96. The number of nitrogens with zero attached hydrogens (tertiary/aromatic N) is 1. The number of aryl methyl sites for hydroxylation is 1. The lowest BCUT2D eigenvalue weighted by Crippen LogP contribution is -2.22. The molecule has 0 unspecified atom stereocenters. The number of hydrogen-bond donors (Lipinski definition) is 3. The van der Waals surface area contributed by atoms with E-state index in [1.807, 2.05) is 13.8 Å². The summed E-state index contributed by atoms with van der Waals surface area (Å²) in [7, 11) is 0. The third kappa shape index (κ3) is 2.96. The van der Waals surface area contributed by atoms with Crippen molar-refractivity contribution >= 4 is 22.7 Å². The Balaban J connectivity index is 1.68. The third-order valence-electron chi connectivity index (χ3n) is 3.75. The van der Waals surface area contributed by atoms with Crippen LogP contribution in [-0.4, -0.2) is 20.4 Å². The first-order valence-corrected chi connectivity index (χ1v) is 7.13.